The van der Waals surface area contributed by atoms with Gasteiger partial charge in [0.15, 0.2) is 0 Å². The van der Waals surface area contributed by atoms with E-state index in [0.29, 0.717) is 18.9 Å². The number of hydrogen-bond donors (Lipinski definition) is 3. The van der Waals surface area contributed by atoms with Crippen LogP contribution in [0.25, 0.3) is 0 Å². The van der Waals surface area contributed by atoms with Crippen molar-refractivity contribution >= 4 is 11.9 Å². The molecule has 22 heavy (non-hydrogen) atoms. The maximum atomic E-state index is 11.7. The molecule has 1 unspecified atom stereocenters. The molecule has 6 nitrogen and oxygen atoms in total. The van der Waals surface area contributed by atoms with Gasteiger partial charge in [0.25, 0.3) is 0 Å². The van der Waals surface area contributed by atoms with Crippen LogP contribution in [0.3, 0.4) is 0 Å². The lowest BCUT2D eigenvalue weighted by Gasteiger charge is -2.12. The van der Waals surface area contributed by atoms with Gasteiger partial charge in [0.1, 0.15) is 0 Å². The summed E-state index contributed by atoms with van der Waals surface area (Å²) < 4.78 is 0. The van der Waals surface area contributed by atoms with Gasteiger partial charge in [-0.25, -0.2) is 9.97 Å². The molecule has 1 amide bonds. The van der Waals surface area contributed by atoms with Gasteiger partial charge in [0, 0.05) is 31.9 Å². The second-order valence-corrected chi connectivity index (χ2v) is 4.98. The van der Waals surface area contributed by atoms with Crippen molar-refractivity contribution in [1.29, 1.82) is 0 Å². The predicted octanol–water partition coefficient (Wildman–Crippen LogP) is 1.44. The Hall–Kier alpha value is -2.47. The van der Waals surface area contributed by atoms with E-state index >= 15 is 0 Å². The first kappa shape index (κ1) is 15.9. The molecule has 1 aromatic carbocycles. The van der Waals surface area contributed by atoms with Crippen LogP contribution in [0.4, 0.5) is 5.95 Å². The number of nitrogens with zero attached hydrogens (tertiary/aromatic N) is 2. The minimum Gasteiger partial charge on any atom is -0.387 e. The lowest BCUT2D eigenvalue weighted by atomic mass is 10.1. The fourth-order valence-electron chi connectivity index (χ4n) is 1.88. The van der Waals surface area contributed by atoms with E-state index in [9.17, 15) is 9.90 Å². The molecule has 0 radical (unpaired) electrons. The van der Waals surface area contributed by atoms with Crippen LogP contribution >= 0.6 is 0 Å². The molecule has 0 aliphatic rings. The lowest BCUT2D eigenvalue weighted by Crippen LogP contribution is -2.29. The molecular formula is C16H20N4O2. The van der Waals surface area contributed by atoms with Crippen molar-refractivity contribution < 1.29 is 9.90 Å². The molecule has 0 spiro atoms. The molecule has 2 rings (SSSR count). The standard InChI is InChI=1S/C16H20N4O2/c1-12-3-5-13(6-4-12)14(21)11-20-15(22)7-10-19-16-17-8-2-9-18-16/h2-6,8-9,14,21H,7,10-11H2,1H3,(H,20,22)(H,17,18,19). The second kappa shape index (κ2) is 8.09. The Labute approximate surface area is 129 Å². The van der Waals surface area contributed by atoms with Crippen molar-refractivity contribution in [1.82, 2.24) is 15.3 Å². The van der Waals surface area contributed by atoms with Crippen LogP contribution in [0.15, 0.2) is 42.7 Å². The fourth-order valence-corrected chi connectivity index (χ4v) is 1.88. The number of amides is 1. The van der Waals surface area contributed by atoms with E-state index in [1.807, 2.05) is 31.2 Å². The predicted molar refractivity (Wildman–Crippen MR) is 84.3 cm³/mol. The minimum atomic E-state index is -0.699. The molecule has 6 heteroatoms. The SMILES string of the molecule is Cc1ccc(C(O)CNC(=O)CCNc2ncccn2)cc1. The van der Waals surface area contributed by atoms with E-state index in [4.69, 9.17) is 0 Å². The van der Waals surface area contributed by atoms with Crippen LogP contribution in [0, 0.1) is 6.92 Å². The third-order valence-corrected chi connectivity index (χ3v) is 3.16. The van der Waals surface area contributed by atoms with Crippen molar-refractivity contribution in [3.8, 4) is 0 Å². The Kier molecular flexibility index (Phi) is 5.85. The number of nitrogens with one attached hydrogen (secondary N) is 2. The Balaban J connectivity index is 1.68. The van der Waals surface area contributed by atoms with Crippen LogP contribution in [0.1, 0.15) is 23.7 Å². The van der Waals surface area contributed by atoms with Gasteiger partial charge in [-0.2, -0.15) is 0 Å². The smallest absolute Gasteiger partial charge is 0.222 e. The average molecular weight is 300 g/mol. The van der Waals surface area contributed by atoms with Gasteiger partial charge in [0.2, 0.25) is 11.9 Å². The zero-order valence-corrected chi connectivity index (χ0v) is 12.5. The summed E-state index contributed by atoms with van der Waals surface area (Å²) in [5.74, 6) is 0.365. The number of aliphatic hydroxyl groups is 1. The molecule has 3 N–H and O–H groups in total. The summed E-state index contributed by atoms with van der Waals surface area (Å²) in [7, 11) is 0. The number of rotatable bonds is 7. The number of benzene rings is 1. The molecule has 2 aromatic rings. The van der Waals surface area contributed by atoms with Gasteiger partial charge in [-0.3, -0.25) is 4.79 Å². The largest absolute Gasteiger partial charge is 0.387 e. The topological polar surface area (TPSA) is 87.1 Å². The summed E-state index contributed by atoms with van der Waals surface area (Å²) >= 11 is 0. The minimum absolute atomic E-state index is 0.130. The van der Waals surface area contributed by atoms with Gasteiger partial charge < -0.3 is 15.7 Å². The number of aryl methyl sites for hydroxylation is 1. The average Bonchev–Trinajstić information content (AvgIpc) is 2.54. The first-order valence-electron chi connectivity index (χ1n) is 7.17. The summed E-state index contributed by atoms with van der Waals surface area (Å²) in [6.07, 6.45) is 2.86. The van der Waals surface area contributed by atoms with Crippen LogP contribution in [-0.2, 0) is 4.79 Å². The number of aliphatic hydroxyl groups excluding tert-OH is 1. The molecule has 0 bridgehead atoms. The molecule has 0 saturated carbocycles. The Morgan fingerprint density at radius 1 is 1.23 bits per heavy atom. The van der Waals surface area contributed by atoms with Crippen LogP contribution in [-0.4, -0.2) is 34.1 Å². The number of carbonyl (C=O) groups is 1. The molecule has 1 aromatic heterocycles. The second-order valence-electron chi connectivity index (χ2n) is 4.98. The number of hydrogen-bond acceptors (Lipinski definition) is 5. The highest BCUT2D eigenvalue weighted by Gasteiger charge is 2.09. The zero-order chi connectivity index (χ0) is 15.8. The number of carbonyl (C=O) groups excluding carboxylic acids is 1. The molecule has 1 atom stereocenters. The molecular weight excluding hydrogens is 280 g/mol. The van der Waals surface area contributed by atoms with Crippen LogP contribution in [0.5, 0.6) is 0 Å². The summed E-state index contributed by atoms with van der Waals surface area (Å²) in [4.78, 5) is 19.7. The highest BCUT2D eigenvalue weighted by Crippen LogP contribution is 2.12. The normalized spacial score (nSPS) is 11.7. The fraction of sp³-hybridized carbons (Fsp3) is 0.312. The van der Waals surface area contributed by atoms with Gasteiger partial charge in [0.05, 0.1) is 6.10 Å². The molecule has 1 heterocycles. The quantitative estimate of drug-likeness (QED) is 0.720. The maximum Gasteiger partial charge on any atom is 0.222 e. The van der Waals surface area contributed by atoms with Crippen molar-refractivity contribution in [2.45, 2.75) is 19.4 Å². The molecule has 0 aliphatic carbocycles. The maximum absolute atomic E-state index is 11.7. The van der Waals surface area contributed by atoms with Crippen molar-refractivity contribution in [3.05, 3.63) is 53.9 Å². The summed E-state index contributed by atoms with van der Waals surface area (Å²) in [5.41, 5.74) is 1.93. The van der Waals surface area contributed by atoms with Gasteiger partial charge >= 0.3 is 0 Å². The third kappa shape index (κ3) is 5.14. The Morgan fingerprint density at radius 2 is 1.91 bits per heavy atom. The third-order valence-electron chi connectivity index (χ3n) is 3.16. The highest BCUT2D eigenvalue weighted by atomic mass is 16.3. The van der Waals surface area contributed by atoms with E-state index in [0.717, 1.165) is 11.1 Å². The van der Waals surface area contributed by atoms with Gasteiger partial charge in [-0.15, -0.1) is 0 Å². The Morgan fingerprint density at radius 3 is 2.59 bits per heavy atom. The van der Waals surface area contributed by atoms with E-state index < -0.39 is 6.10 Å². The van der Waals surface area contributed by atoms with E-state index in [1.165, 1.54) is 0 Å². The summed E-state index contributed by atoms with van der Waals surface area (Å²) in [6.45, 7) is 2.63. The molecule has 0 saturated heterocycles. The van der Waals surface area contributed by atoms with Gasteiger partial charge in [-0.1, -0.05) is 29.8 Å². The summed E-state index contributed by atoms with van der Waals surface area (Å²) in [6, 6.07) is 9.32. The van der Waals surface area contributed by atoms with Crippen molar-refractivity contribution in [2.75, 3.05) is 18.4 Å². The van der Waals surface area contributed by atoms with Gasteiger partial charge in [-0.05, 0) is 18.6 Å². The zero-order valence-electron chi connectivity index (χ0n) is 12.5. The van der Waals surface area contributed by atoms with Crippen LogP contribution < -0.4 is 10.6 Å². The van der Waals surface area contributed by atoms with Crippen molar-refractivity contribution in [3.63, 3.8) is 0 Å². The monoisotopic (exact) mass is 300 g/mol. The lowest BCUT2D eigenvalue weighted by molar-refractivity contribution is -0.121. The van der Waals surface area contributed by atoms with E-state index in [2.05, 4.69) is 20.6 Å². The molecule has 0 aliphatic heterocycles. The number of anilines is 1. The van der Waals surface area contributed by atoms with E-state index in [1.54, 1.807) is 18.5 Å². The first-order chi connectivity index (χ1) is 10.6. The number of aromatic nitrogens is 2. The van der Waals surface area contributed by atoms with Crippen molar-refractivity contribution in [2.24, 2.45) is 0 Å². The highest BCUT2D eigenvalue weighted by molar-refractivity contribution is 5.76. The summed E-state index contributed by atoms with van der Waals surface area (Å²) in [5, 5.41) is 15.7. The first-order valence-corrected chi connectivity index (χ1v) is 7.17. The Bertz CT molecular complexity index is 587. The molecule has 116 valence electrons. The van der Waals surface area contributed by atoms with Crippen LogP contribution in [0.2, 0.25) is 0 Å². The molecule has 0 fully saturated rings. The van der Waals surface area contributed by atoms with E-state index in [-0.39, 0.29) is 12.5 Å².